The molecule has 0 aromatic carbocycles. The summed E-state index contributed by atoms with van der Waals surface area (Å²) in [6.45, 7) is 12.4. The third-order valence-corrected chi connectivity index (χ3v) is 2.28. The first-order valence-corrected chi connectivity index (χ1v) is 6.10. The van der Waals surface area contributed by atoms with Crippen molar-refractivity contribution in [3.63, 3.8) is 0 Å². The normalized spacial score (nSPS) is 13.5. The zero-order chi connectivity index (χ0) is 10.8. The SMILES string of the molecule is CCCCCNC(C)CNCC(C)C. The first-order chi connectivity index (χ1) is 6.66. The van der Waals surface area contributed by atoms with Gasteiger partial charge in [0.25, 0.3) is 0 Å². The average molecular weight is 200 g/mol. The zero-order valence-electron chi connectivity index (χ0n) is 10.4. The molecule has 2 heteroatoms. The van der Waals surface area contributed by atoms with Gasteiger partial charge in [0.1, 0.15) is 0 Å². The molecule has 0 aromatic heterocycles. The van der Waals surface area contributed by atoms with Gasteiger partial charge in [-0.05, 0) is 32.4 Å². The largest absolute Gasteiger partial charge is 0.315 e. The second-order valence-electron chi connectivity index (χ2n) is 4.61. The van der Waals surface area contributed by atoms with Crippen molar-refractivity contribution in [1.82, 2.24) is 10.6 Å². The molecule has 0 amide bonds. The molecule has 1 unspecified atom stereocenters. The van der Waals surface area contributed by atoms with E-state index in [0.29, 0.717) is 6.04 Å². The molecular weight excluding hydrogens is 172 g/mol. The second kappa shape index (κ2) is 9.47. The molecule has 0 aliphatic heterocycles. The maximum absolute atomic E-state index is 3.53. The van der Waals surface area contributed by atoms with Gasteiger partial charge in [-0.3, -0.25) is 0 Å². The number of hydrogen-bond acceptors (Lipinski definition) is 2. The van der Waals surface area contributed by atoms with Crippen molar-refractivity contribution < 1.29 is 0 Å². The van der Waals surface area contributed by atoms with Gasteiger partial charge in [0.05, 0.1) is 0 Å². The van der Waals surface area contributed by atoms with Gasteiger partial charge in [0, 0.05) is 12.6 Å². The number of hydrogen-bond donors (Lipinski definition) is 2. The summed E-state index contributed by atoms with van der Waals surface area (Å²) in [5, 5.41) is 6.99. The Morgan fingerprint density at radius 1 is 1.00 bits per heavy atom. The lowest BCUT2D eigenvalue weighted by Crippen LogP contribution is -2.37. The summed E-state index contributed by atoms with van der Waals surface area (Å²) in [5.41, 5.74) is 0. The fraction of sp³-hybridized carbons (Fsp3) is 1.00. The van der Waals surface area contributed by atoms with Crippen molar-refractivity contribution in [1.29, 1.82) is 0 Å². The van der Waals surface area contributed by atoms with E-state index in [0.717, 1.165) is 19.0 Å². The van der Waals surface area contributed by atoms with E-state index in [1.165, 1.54) is 25.8 Å². The summed E-state index contributed by atoms with van der Waals surface area (Å²) in [6, 6.07) is 0.602. The van der Waals surface area contributed by atoms with E-state index in [1.54, 1.807) is 0 Å². The van der Waals surface area contributed by atoms with Gasteiger partial charge in [-0.25, -0.2) is 0 Å². The zero-order valence-corrected chi connectivity index (χ0v) is 10.4. The first-order valence-electron chi connectivity index (χ1n) is 6.10. The van der Waals surface area contributed by atoms with Gasteiger partial charge in [0.2, 0.25) is 0 Å². The van der Waals surface area contributed by atoms with Crippen molar-refractivity contribution in [2.24, 2.45) is 5.92 Å². The van der Waals surface area contributed by atoms with Gasteiger partial charge >= 0.3 is 0 Å². The molecule has 1 atom stereocenters. The minimum atomic E-state index is 0.602. The van der Waals surface area contributed by atoms with Crippen LogP contribution in [0.2, 0.25) is 0 Å². The average Bonchev–Trinajstić information content (AvgIpc) is 2.12. The van der Waals surface area contributed by atoms with E-state index in [-0.39, 0.29) is 0 Å². The molecule has 2 N–H and O–H groups in total. The molecule has 2 nitrogen and oxygen atoms in total. The van der Waals surface area contributed by atoms with Crippen LogP contribution in [-0.4, -0.2) is 25.7 Å². The molecule has 0 bridgehead atoms. The maximum atomic E-state index is 3.53. The Bertz CT molecular complexity index is 113. The third-order valence-electron chi connectivity index (χ3n) is 2.28. The van der Waals surface area contributed by atoms with Crippen molar-refractivity contribution in [2.45, 2.75) is 53.0 Å². The summed E-state index contributed by atoms with van der Waals surface area (Å²) in [7, 11) is 0. The van der Waals surface area contributed by atoms with Crippen LogP contribution >= 0.6 is 0 Å². The molecule has 0 fully saturated rings. The van der Waals surface area contributed by atoms with Gasteiger partial charge < -0.3 is 10.6 Å². The number of rotatable bonds is 9. The molecule has 0 aliphatic carbocycles. The Morgan fingerprint density at radius 3 is 2.29 bits per heavy atom. The lowest BCUT2D eigenvalue weighted by atomic mass is 10.2. The van der Waals surface area contributed by atoms with Gasteiger partial charge in [-0.1, -0.05) is 33.6 Å². The molecule has 0 heterocycles. The third kappa shape index (κ3) is 10.0. The second-order valence-corrected chi connectivity index (χ2v) is 4.61. The molecule has 0 saturated carbocycles. The Balaban J connectivity index is 3.15. The van der Waals surface area contributed by atoms with E-state index in [1.807, 2.05) is 0 Å². The minimum absolute atomic E-state index is 0.602. The molecule has 14 heavy (non-hydrogen) atoms. The van der Waals surface area contributed by atoms with Crippen LogP contribution in [0.3, 0.4) is 0 Å². The highest BCUT2D eigenvalue weighted by Gasteiger charge is 2.00. The number of nitrogens with one attached hydrogen (secondary N) is 2. The highest BCUT2D eigenvalue weighted by atomic mass is 15.0. The Labute approximate surface area is 89.9 Å². The molecule has 0 spiro atoms. The molecule has 0 saturated heterocycles. The topological polar surface area (TPSA) is 24.1 Å². The molecule has 0 aliphatic rings. The lowest BCUT2D eigenvalue weighted by molar-refractivity contribution is 0.466. The summed E-state index contributed by atoms with van der Waals surface area (Å²) in [6.07, 6.45) is 3.96. The van der Waals surface area contributed by atoms with Crippen molar-refractivity contribution >= 4 is 0 Å². The van der Waals surface area contributed by atoms with Crippen LogP contribution in [0.5, 0.6) is 0 Å². The van der Waals surface area contributed by atoms with Crippen LogP contribution in [0.4, 0.5) is 0 Å². The predicted molar refractivity (Wildman–Crippen MR) is 64.7 cm³/mol. The Morgan fingerprint density at radius 2 is 1.71 bits per heavy atom. The van der Waals surface area contributed by atoms with E-state index in [2.05, 4.69) is 38.3 Å². The highest BCUT2D eigenvalue weighted by molar-refractivity contribution is 4.64. The predicted octanol–water partition coefficient (Wildman–Crippen LogP) is 2.40. The number of unbranched alkanes of at least 4 members (excludes halogenated alkanes) is 2. The van der Waals surface area contributed by atoms with E-state index in [9.17, 15) is 0 Å². The van der Waals surface area contributed by atoms with Gasteiger partial charge in [-0.2, -0.15) is 0 Å². The van der Waals surface area contributed by atoms with Crippen molar-refractivity contribution in [3.8, 4) is 0 Å². The maximum Gasteiger partial charge on any atom is 0.0164 e. The van der Waals surface area contributed by atoms with Gasteiger partial charge in [-0.15, -0.1) is 0 Å². The molecular formula is C12H28N2. The van der Waals surface area contributed by atoms with Crippen LogP contribution in [0, 0.1) is 5.92 Å². The summed E-state index contributed by atoms with van der Waals surface area (Å²) in [4.78, 5) is 0. The summed E-state index contributed by atoms with van der Waals surface area (Å²) in [5.74, 6) is 0.752. The Kier molecular flexibility index (Phi) is 9.42. The smallest absolute Gasteiger partial charge is 0.0164 e. The van der Waals surface area contributed by atoms with Crippen LogP contribution in [0.15, 0.2) is 0 Å². The fourth-order valence-corrected chi connectivity index (χ4v) is 1.38. The lowest BCUT2D eigenvalue weighted by Gasteiger charge is -2.15. The molecule has 0 aromatic rings. The quantitative estimate of drug-likeness (QED) is 0.559. The Hall–Kier alpha value is -0.0800. The summed E-state index contributed by atoms with van der Waals surface area (Å²) >= 11 is 0. The highest BCUT2D eigenvalue weighted by Crippen LogP contribution is 1.92. The van der Waals surface area contributed by atoms with Crippen molar-refractivity contribution in [3.05, 3.63) is 0 Å². The van der Waals surface area contributed by atoms with Crippen LogP contribution in [0.1, 0.15) is 47.0 Å². The molecule has 86 valence electrons. The summed E-state index contributed by atoms with van der Waals surface area (Å²) < 4.78 is 0. The molecule has 0 rings (SSSR count). The van der Waals surface area contributed by atoms with Crippen LogP contribution in [-0.2, 0) is 0 Å². The first kappa shape index (κ1) is 13.9. The van der Waals surface area contributed by atoms with Crippen molar-refractivity contribution in [2.75, 3.05) is 19.6 Å². The standard InChI is InChI=1S/C12H28N2/c1-5-6-7-8-14-12(4)10-13-9-11(2)3/h11-14H,5-10H2,1-4H3. The monoisotopic (exact) mass is 200 g/mol. The van der Waals surface area contributed by atoms with Crippen LogP contribution in [0.25, 0.3) is 0 Å². The van der Waals surface area contributed by atoms with E-state index in [4.69, 9.17) is 0 Å². The van der Waals surface area contributed by atoms with Gasteiger partial charge in [0.15, 0.2) is 0 Å². The van der Waals surface area contributed by atoms with Crippen LogP contribution < -0.4 is 10.6 Å². The minimum Gasteiger partial charge on any atom is -0.315 e. The van der Waals surface area contributed by atoms with E-state index < -0.39 is 0 Å². The van der Waals surface area contributed by atoms with E-state index >= 15 is 0 Å². The molecule has 0 radical (unpaired) electrons. The fourth-order valence-electron chi connectivity index (χ4n) is 1.38.